The Bertz CT molecular complexity index is 981. The smallest absolute Gasteiger partial charge is 0.270 e. The molecule has 7 nitrogen and oxygen atoms in total. The van der Waals surface area contributed by atoms with Gasteiger partial charge in [-0.1, -0.05) is 12.1 Å². The molecule has 0 spiro atoms. The third-order valence-electron chi connectivity index (χ3n) is 4.22. The lowest BCUT2D eigenvalue weighted by atomic mass is 9.99. The van der Waals surface area contributed by atoms with E-state index in [4.69, 9.17) is 0 Å². The van der Waals surface area contributed by atoms with Crippen molar-refractivity contribution < 1.29 is 9.72 Å². The molecule has 0 fully saturated rings. The minimum Gasteiger partial charge on any atom is -0.378 e. The number of hydrogen-bond acceptors (Lipinski definition) is 7. The van der Waals surface area contributed by atoms with Gasteiger partial charge < -0.3 is 4.90 Å². The van der Waals surface area contributed by atoms with Crippen molar-refractivity contribution in [3.8, 4) is 11.1 Å². The number of ketones is 1. The third kappa shape index (κ3) is 4.64. The number of nitro benzene ring substituents is 1. The van der Waals surface area contributed by atoms with Gasteiger partial charge in [-0.05, 0) is 36.2 Å². The normalized spacial score (nSPS) is 13.1. The molecule has 3 rings (SSSR count). The molecule has 0 aliphatic carbocycles. The number of nitrogens with zero attached hydrogens (tertiary/aromatic N) is 4. The first kappa shape index (κ1) is 19.8. The van der Waals surface area contributed by atoms with Crippen LogP contribution in [0.5, 0.6) is 0 Å². The lowest BCUT2D eigenvalue weighted by Crippen LogP contribution is -2.08. The van der Waals surface area contributed by atoms with Crippen LogP contribution in [-0.2, 0) is 4.79 Å². The Kier molecular flexibility index (Phi) is 5.89. The molecule has 8 heteroatoms. The molecule has 144 valence electrons. The lowest BCUT2D eigenvalue weighted by Gasteiger charge is -2.13. The van der Waals surface area contributed by atoms with Gasteiger partial charge in [-0.15, -0.1) is 16.9 Å². The predicted molar refractivity (Wildman–Crippen MR) is 115 cm³/mol. The zero-order valence-electron chi connectivity index (χ0n) is 15.9. The van der Waals surface area contributed by atoms with Crippen LogP contribution in [0.4, 0.5) is 11.4 Å². The highest BCUT2D eigenvalue weighted by atomic mass is 32.2. The van der Waals surface area contributed by atoms with Gasteiger partial charge in [-0.3, -0.25) is 14.9 Å². The highest BCUT2D eigenvalue weighted by Crippen LogP contribution is 2.29. The summed E-state index contributed by atoms with van der Waals surface area (Å²) in [5, 5.41) is 20.5. The fourth-order valence-corrected chi connectivity index (χ4v) is 3.46. The molecule has 1 heterocycles. The number of anilines is 1. The van der Waals surface area contributed by atoms with Crippen LogP contribution in [0.1, 0.15) is 18.9 Å². The molecule has 0 amide bonds. The summed E-state index contributed by atoms with van der Waals surface area (Å²) in [5.41, 5.74) is 4.04. The van der Waals surface area contributed by atoms with Crippen LogP contribution in [0, 0.1) is 10.1 Å². The zero-order chi connectivity index (χ0) is 20.3. The van der Waals surface area contributed by atoms with E-state index in [9.17, 15) is 14.9 Å². The molecule has 0 atom stereocenters. The van der Waals surface area contributed by atoms with Crippen molar-refractivity contribution in [1.82, 2.24) is 0 Å². The Balaban J connectivity index is 1.89. The van der Waals surface area contributed by atoms with Gasteiger partial charge in [0.05, 0.1) is 16.4 Å². The van der Waals surface area contributed by atoms with Crippen LogP contribution in [0.25, 0.3) is 11.1 Å². The number of hydrogen-bond donors (Lipinski definition) is 0. The number of nitro groups is 1. The molecule has 0 saturated heterocycles. The summed E-state index contributed by atoms with van der Waals surface area (Å²) >= 11 is 1.35. The van der Waals surface area contributed by atoms with Gasteiger partial charge >= 0.3 is 0 Å². The maximum Gasteiger partial charge on any atom is 0.270 e. The second-order valence-electron chi connectivity index (χ2n) is 6.67. The van der Waals surface area contributed by atoms with E-state index in [0.717, 1.165) is 21.9 Å². The number of benzene rings is 2. The number of carbonyl (C=O) groups excluding carboxylic acids is 1. The molecular weight excluding hydrogens is 376 g/mol. The van der Waals surface area contributed by atoms with Gasteiger partial charge in [-0.25, -0.2) is 0 Å². The van der Waals surface area contributed by atoms with Crippen LogP contribution in [0.15, 0.2) is 52.7 Å². The largest absolute Gasteiger partial charge is 0.378 e. The third-order valence-corrected chi connectivity index (χ3v) is 5.33. The fraction of sp³-hybridized carbons (Fsp3) is 0.250. The Labute approximate surface area is 167 Å². The van der Waals surface area contributed by atoms with E-state index in [0.29, 0.717) is 23.4 Å². The number of carbonyl (C=O) groups is 1. The van der Waals surface area contributed by atoms with Crippen molar-refractivity contribution in [2.75, 3.05) is 24.7 Å². The summed E-state index contributed by atoms with van der Waals surface area (Å²) in [4.78, 5) is 24.2. The van der Waals surface area contributed by atoms with Crippen LogP contribution in [0.3, 0.4) is 0 Å². The number of Topliss-reactive ketones (excluding diaryl/α,β-unsaturated/α-hetero) is 1. The Hall–Kier alpha value is -3.00. The summed E-state index contributed by atoms with van der Waals surface area (Å²) in [6.45, 7) is 1.53. The van der Waals surface area contributed by atoms with Crippen molar-refractivity contribution in [1.29, 1.82) is 0 Å². The Morgan fingerprint density at radius 2 is 1.79 bits per heavy atom. The maximum absolute atomic E-state index is 11.4. The molecule has 0 N–H and O–H groups in total. The number of non-ortho nitro benzene ring substituents is 1. The summed E-state index contributed by atoms with van der Waals surface area (Å²) in [5.74, 6) is 0.417. The minimum atomic E-state index is -0.400. The van der Waals surface area contributed by atoms with E-state index < -0.39 is 4.92 Å². The SMILES string of the molecule is CC(=O)CSC1=NN=C(c2cc(-c3ccc(N(C)C)cc3)cc([N+](=O)[O-])c2)C1. The van der Waals surface area contributed by atoms with E-state index in [2.05, 4.69) is 10.2 Å². The van der Waals surface area contributed by atoms with Crippen LogP contribution < -0.4 is 4.90 Å². The summed E-state index contributed by atoms with van der Waals surface area (Å²) in [6, 6.07) is 12.8. The van der Waals surface area contributed by atoms with Gasteiger partial charge in [-0.2, -0.15) is 5.10 Å². The molecule has 0 bridgehead atoms. The quantitative estimate of drug-likeness (QED) is 0.540. The first-order valence-corrected chi connectivity index (χ1v) is 9.65. The van der Waals surface area contributed by atoms with Crippen molar-refractivity contribution in [3.63, 3.8) is 0 Å². The van der Waals surface area contributed by atoms with Gasteiger partial charge in [0.25, 0.3) is 5.69 Å². The lowest BCUT2D eigenvalue weighted by molar-refractivity contribution is -0.384. The summed E-state index contributed by atoms with van der Waals surface area (Å²) in [7, 11) is 3.92. The van der Waals surface area contributed by atoms with Crippen molar-refractivity contribution in [3.05, 3.63) is 58.1 Å². The van der Waals surface area contributed by atoms with Crippen molar-refractivity contribution >= 4 is 39.7 Å². The average Bonchev–Trinajstić information content (AvgIpc) is 3.15. The highest BCUT2D eigenvalue weighted by Gasteiger charge is 2.19. The van der Waals surface area contributed by atoms with E-state index >= 15 is 0 Å². The highest BCUT2D eigenvalue weighted by molar-refractivity contribution is 8.14. The van der Waals surface area contributed by atoms with E-state index in [1.54, 1.807) is 6.07 Å². The van der Waals surface area contributed by atoms with Crippen LogP contribution in [-0.4, -0.2) is 41.3 Å². The average molecular weight is 396 g/mol. The van der Waals surface area contributed by atoms with Gasteiger partial charge in [0.15, 0.2) is 0 Å². The summed E-state index contributed by atoms with van der Waals surface area (Å²) < 4.78 is 0. The van der Waals surface area contributed by atoms with Crippen molar-refractivity contribution in [2.24, 2.45) is 10.2 Å². The van der Waals surface area contributed by atoms with E-state index in [1.165, 1.54) is 24.8 Å². The molecule has 0 unspecified atom stereocenters. The number of rotatable bonds is 6. The molecule has 1 aliphatic heterocycles. The summed E-state index contributed by atoms with van der Waals surface area (Å²) in [6.07, 6.45) is 0.470. The Morgan fingerprint density at radius 3 is 2.39 bits per heavy atom. The second-order valence-corrected chi connectivity index (χ2v) is 7.72. The fourth-order valence-electron chi connectivity index (χ4n) is 2.76. The topological polar surface area (TPSA) is 88.2 Å². The minimum absolute atomic E-state index is 0.0109. The van der Waals surface area contributed by atoms with E-state index in [-0.39, 0.29) is 11.5 Å². The van der Waals surface area contributed by atoms with Gasteiger partial charge in [0, 0.05) is 43.9 Å². The molecule has 0 radical (unpaired) electrons. The van der Waals surface area contributed by atoms with Crippen LogP contribution in [0.2, 0.25) is 0 Å². The molecule has 28 heavy (non-hydrogen) atoms. The predicted octanol–water partition coefficient (Wildman–Crippen LogP) is 4.16. The first-order chi connectivity index (χ1) is 13.3. The number of thioether (sulfide) groups is 1. The standard InChI is InChI=1S/C20H20N4O3S/c1-13(25)12-28-20-11-19(21-22-20)16-8-15(9-18(10-16)24(26)27)14-4-6-17(7-5-14)23(2)3/h4-10H,11-12H2,1-3H3. The maximum atomic E-state index is 11.4. The van der Waals surface area contributed by atoms with Crippen LogP contribution >= 0.6 is 11.8 Å². The first-order valence-electron chi connectivity index (χ1n) is 8.67. The molecule has 2 aromatic carbocycles. The molecule has 0 saturated carbocycles. The van der Waals surface area contributed by atoms with Crippen molar-refractivity contribution in [2.45, 2.75) is 13.3 Å². The molecule has 0 aromatic heterocycles. The molecule has 1 aliphatic rings. The monoisotopic (exact) mass is 396 g/mol. The van der Waals surface area contributed by atoms with E-state index in [1.807, 2.05) is 49.3 Å². The zero-order valence-corrected chi connectivity index (χ0v) is 16.7. The second kappa shape index (κ2) is 8.35. The molecular formula is C20H20N4O3S. The Morgan fingerprint density at radius 1 is 1.11 bits per heavy atom. The van der Waals surface area contributed by atoms with Gasteiger partial charge in [0.1, 0.15) is 10.8 Å². The van der Waals surface area contributed by atoms with Gasteiger partial charge in [0.2, 0.25) is 0 Å². The molecule has 2 aromatic rings.